The molecular weight excluding hydrogens is 446 g/mol. The molecule has 1 aromatic heterocycles. The number of carbonyl (C=O) groups excluding carboxylic acids is 2. The number of halogens is 1. The standard InChI is InChI=1S/C25H22ClNO6/c1-3-32-17-7-4-6-15(12-17)22-21(23(28)16-9-10-20(31-2)19(26)13-16)24(29)25(30)27(22)14-18-8-5-11-33-18/h4-13,22,28H,3,14H2,1-2H3/b23-21+. The molecule has 1 aliphatic heterocycles. The van der Waals surface area contributed by atoms with E-state index in [1.165, 1.54) is 24.3 Å². The van der Waals surface area contributed by atoms with Crippen LogP contribution in [-0.4, -0.2) is 35.4 Å². The van der Waals surface area contributed by atoms with Crippen LogP contribution >= 0.6 is 11.6 Å². The Bertz CT molecular complexity index is 1220. The molecule has 4 rings (SSSR count). The Balaban J connectivity index is 1.87. The number of nitrogens with zero attached hydrogens (tertiary/aromatic N) is 1. The molecule has 1 fully saturated rings. The highest BCUT2D eigenvalue weighted by Gasteiger charge is 2.46. The summed E-state index contributed by atoms with van der Waals surface area (Å²) in [6.45, 7) is 2.38. The fraction of sp³-hybridized carbons (Fsp3) is 0.200. The van der Waals surface area contributed by atoms with E-state index in [0.717, 1.165) is 0 Å². The van der Waals surface area contributed by atoms with Gasteiger partial charge in [-0.2, -0.15) is 0 Å². The van der Waals surface area contributed by atoms with E-state index >= 15 is 0 Å². The van der Waals surface area contributed by atoms with Crippen LogP contribution < -0.4 is 9.47 Å². The molecule has 1 unspecified atom stereocenters. The Labute approximate surface area is 195 Å². The van der Waals surface area contributed by atoms with Gasteiger partial charge in [0.15, 0.2) is 0 Å². The second kappa shape index (κ2) is 9.42. The maximum absolute atomic E-state index is 13.1. The molecule has 1 aliphatic rings. The van der Waals surface area contributed by atoms with Crippen molar-refractivity contribution in [2.45, 2.75) is 19.5 Å². The second-order valence-corrected chi connectivity index (χ2v) is 7.77. The van der Waals surface area contributed by atoms with E-state index in [9.17, 15) is 14.7 Å². The monoisotopic (exact) mass is 467 g/mol. The summed E-state index contributed by atoms with van der Waals surface area (Å²) < 4.78 is 16.2. The number of rotatable bonds is 7. The van der Waals surface area contributed by atoms with Crippen molar-refractivity contribution in [2.75, 3.05) is 13.7 Å². The van der Waals surface area contributed by atoms with Gasteiger partial charge in [0.2, 0.25) is 0 Å². The first-order chi connectivity index (χ1) is 15.9. The van der Waals surface area contributed by atoms with Crippen molar-refractivity contribution >= 4 is 29.1 Å². The van der Waals surface area contributed by atoms with Crippen molar-refractivity contribution in [3.63, 3.8) is 0 Å². The third kappa shape index (κ3) is 4.32. The molecule has 0 spiro atoms. The predicted octanol–water partition coefficient (Wildman–Crippen LogP) is 4.96. The molecule has 170 valence electrons. The molecule has 3 aromatic rings. The number of benzene rings is 2. The average Bonchev–Trinajstić information content (AvgIpc) is 3.41. The minimum Gasteiger partial charge on any atom is -0.507 e. The number of ketones is 1. The van der Waals surface area contributed by atoms with Crippen LogP contribution in [0, 0.1) is 0 Å². The quantitative estimate of drug-likeness (QED) is 0.300. The summed E-state index contributed by atoms with van der Waals surface area (Å²) in [5.74, 6) is -0.335. The summed E-state index contributed by atoms with van der Waals surface area (Å²) in [5.41, 5.74) is 0.872. The van der Waals surface area contributed by atoms with Crippen LogP contribution in [0.1, 0.15) is 29.9 Å². The Morgan fingerprint density at radius 2 is 1.97 bits per heavy atom. The topological polar surface area (TPSA) is 89.2 Å². The van der Waals surface area contributed by atoms with E-state index in [0.29, 0.717) is 35.0 Å². The van der Waals surface area contributed by atoms with Crippen LogP contribution in [0.4, 0.5) is 0 Å². The Morgan fingerprint density at radius 3 is 2.64 bits per heavy atom. The highest BCUT2D eigenvalue weighted by atomic mass is 35.5. The molecule has 33 heavy (non-hydrogen) atoms. The van der Waals surface area contributed by atoms with Gasteiger partial charge >= 0.3 is 0 Å². The molecule has 7 nitrogen and oxygen atoms in total. The van der Waals surface area contributed by atoms with E-state index in [1.807, 2.05) is 6.92 Å². The SMILES string of the molecule is CCOc1cccc(C2/C(=C(\O)c3ccc(OC)c(Cl)c3)C(=O)C(=O)N2Cc2ccco2)c1. The molecular formula is C25H22ClNO6. The van der Waals surface area contributed by atoms with Crippen LogP contribution in [0.25, 0.3) is 5.76 Å². The number of likely N-dealkylation sites (tertiary alicyclic amines) is 1. The zero-order valence-electron chi connectivity index (χ0n) is 18.1. The van der Waals surface area contributed by atoms with Crippen LogP contribution in [-0.2, 0) is 16.1 Å². The highest BCUT2D eigenvalue weighted by Crippen LogP contribution is 2.41. The fourth-order valence-electron chi connectivity index (χ4n) is 3.87. The van der Waals surface area contributed by atoms with Crippen LogP contribution in [0.3, 0.4) is 0 Å². The number of aliphatic hydroxyl groups is 1. The highest BCUT2D eigenvalue weighted by molar-refractivity contribution is 6.46. The first-order valence-electron chi connectivity index (χ1n) is 10.3. The molecule has 2 aromatic carbocycles. The number of amides is 1. The Hall–Kier alpha value is -3.71. The number of aliphatic hydroxyl groups excluding tert-OH is 1. The molecule has 1 amide bonds. The lowest BCUT2D eigenvalue weighted by Gasteiger charge is -2.25. The summed E-state index contributed by atoms with van der Waals surface area (Å²) >= 11 is 6.23. The van der Waals surface area contributed by atoms with E-state index in [1.54, 1.807) is 48.5 Å². The van der Waals surface area contributed by atoms with Crippen molar-refractivity contribution < 1.29 is 28.6 Å². The molecule has 8 heteroatoms. The zero-order valence-corrected chi connectivity index (χ0v) is 18.8. The first-order valence-corrected chi connectivity index (χ1v) is 10.7. The first kappa shape index (κ1) is 22.5. The molecule has 0 saturated carbocycles. The molecule has 1 atom stereocenters. The van der Waals surface area contributed by atoms with Gasteiger partial charge in [-0.15, -0.1) is 0 Å². The molecule has 2 heterocycles. The van der Waals surface area contributed by atoms with Gasteiger partial charge in [-0.25, -0.2) is 0 Å². The minimum atomic E-state index is -0.851. The van der Waals surface area contributed by atoms with Gasteiger partial charge in [0.1, 0.15) is 23.0 Å². The summed E-state index contributed by atoms with van der Waals surface area (Å²) in [7, 11) is 1.48. The number of Topliss-reactive ketones (excluding diaryl/α,β-unsaturated/α-hetero) is 1. The molecule has 1 N–H and O–H groups in total. The third-order valence-corrected chi connectivity index (χ3v) is 5.65. The van der Waals surface area contributed by atoms with E-state index in [4.69, 9.17) is 25.5 Å². The van der Waals surface area contributed by atoms with E-state index in [-0.39, 0.29) is 22.9 Å². The fourth-order valence-corrected chi connectivity index (χ4v) is 4.13. The predicted molar refractivity (Wildman–Crippen MR) is 122 cm³/mol. The van der Waals surface area contributed by atoms with Crippen molar-refractivity contribution in [1.82, 2.24) is 4.90 Å². The molecule has 0 bridgehead atoms. The molecule has 0 radical (unpaired) electrons. The summed E-state index contributed by atoms with van der Waals surface area (Å²) in [6.07, 6.45) is 1.50. The molecule has 0 aliphatic carbocycles. The normalized spacial score (nSPS) is 17.4. The Morgan fingerprint density at radius 1 is 1.15 bits per heavy atom. The van der Waals surface area contributed by atoms with Crippen LogP contribution in [0.2, 0.25) is 5.02 Å². The summed E-state index contributed by atoms with van der Waals surface area (Å²) in [6, 6.07) is 14.3. The lowest BCUT2D eigenvalue weighted by molar-refractivity contribution is -0.140. The van der Waals surface area contributed by atoms with Crippen molar-refractivity contribution in [3.05, 3.63) is 88.3 Å². The average molecular weight is 468 g/mol. The molecule has 1 saturated heterocycles. The van der Waals surface area contributed by atoms with Gasteiger partial charge in [-0.1, -0.05) is 23.7 Å². The minimum absolute atomic E-state index is 0.0403. The zero-order chi connectivity index (χ0) is 23.5. The van der Waals surface area contributed by atoms with E-state index in [2.05, 4.69) is 0 Å². The van der Waals surface area contributed by atoms with Crippen molar-refractivity contribution in [2.24, 2.45) is 0 Å². The summed E-state index contributed by atoms with van der Waals surface area (Å²) in [5, 5.41) is 11.4. The smallest absolute Gasteiger partial charge is 0.296 e. The summed E-state index contributed by atoms with van der Waals surface area (Å²) in [4.78, 5) is 27.6. The maximum Gasteiger partial charge on any atom is 0.296 e. The number of ether oxygens (including phenoxy) is 2. The largest absolute Gasteiger partial charge is 0.507 e. The number of hydrogen-bond acceptors (Lipinski definition) is 6. The number of furan rings is 1. The maximum atomic E-state index is 13.1. The van der Waals surface area contributed by atoms with Crippen molar-refractivity contribution in [3.8, 4) is 11.5 Å². The lowest BCUT2D eigenvalue weighted by atomic mass is 9.95. The van der Waals surface area contributed by atoms with Gasteiger partial charge in [0.25, 0.3) is 11.7 Å². The van der Waals surface area contributed by atoms with E-state index < -0.39 is 17.7 Å². The Kier molecular flexibility index (Phi) is 6.42. The van der Waals surface area contributed by atoms with Gasteiger partial charge in [-0.3, -0.25) is 9.59 Å². The van der Waals surface area contributed by atoms with Gasteiger partial charge in [0, 0.05) is 5.56 Å². The lowest BCUT2D eigenvalue weighted by Crippen LogP contribution is -2.29. The van der Waals surface area contributed by atoms with Gasteiger partial charge in [-0.05, 0) is 55.0 Å². The third-order valence-electron chi connectivity index (χ3n) is 5.36. The van der Waals surface area contributed by atoms with Gasteiger partial charge < -0.3 is 23.9 Å². The van der Waals surface area contributed by atoms with Crippen LogP contribution in [0.15, 0.2) is 70.9 Å². The number of methoxy groups -OCH3 is 1. The van der Waals surface area contributed by atoms with Gasteiger partial charge in [0.05, 0.1) is 43.2 Å². The van der Waals surface area contributed by atoms with Crippen molar-refractivity contribution in [1.29, 1.82) is 0 Å². The van der Waals surface area contributed by atoms with Crippen LogP contribution in [0.5, 0.6) is 11.5 Å². The number of hydrogen-bond donors (Lipinski definition) is 1. The second-order valence-electron chi connectivity index (χ2n) is 7.36. The number of carbonyl (C=O) groups is 2.